The summed E-state index contributed by atoms with van der Waals surface area (Å²) in [6.45, 7) is 0. The number of hydrogen-bond acceptors (Lipinski definition) is 5. The van der Waals surface area contributed by atoms with Crippen LogP contribution in [0.25, 0.3) is 0 Å². The minimum Gasteiger partial charge on any atom is -0.311 e. The van der Waals surface area contributed by atoms with E-state index < -0.39 is 6.17 Å². The topological polar surface area (TPSA) is 90.7 Å². The average Bonchev–Trinajstić information content (AvgIpc) is 1.90. The lowest BCUT2D eigenvalue weighted by Gasteiger charge is -1.99. The minimum atomic E-state index is -0.555. The molecule has 0 saturated heterocycles. The standard InChI is InChI=1S/C4H7N5/c5-4(6)3-1-2-7-9-8-3/h1-2,4H,5-6H2. The molecule has 0 amide bonds. The van der Waals surface area contributed by atoms with Crippen molar-refractivity contribution in [3.63, 3.8) is 0 Å². The van der Waals surface area contributed by atoms with E-state index in [0.29, 0.717) is 5.69 Å². The molecule has 9 heavy (non-hydrogen) atoms. The van der Waals surface area contributed by atoms with Gasteiger partial charge in [-0.1, -0.05) is 0 Å². The van der Waals surface area contributed by atoms with Crippen LogP contribution in [0.1, 0.15) is 11.9 Å². The van der Waals surface area contributed by atoms with E-state index in [1.807, 2.05) is 0 Å². The van der Waals surface area contributed by atoms with Crippen LogP contribution < -0.4 is 11.5 Å². The second kappa shape index (κ2) is 2.47. The van der Waals surface area contributed by atoms with E-state index >= 15 is 0 Å². The molecule has 0 atom stereocenters. The Kier molecular flexibility index (Phi) is 1.66. The molecule has 4 N–H and O–H groups in total. The third kappa shape index (κ3) is 1.41. The van der Waals surface area contributed by atoms with Gasteiger partial charge in [-0.2, -0.15) is 0 Å². The molecule has 1 rings (SSSR count). The SMILES string of the molecule is NC(N)c1ccnnn1. The minimum absolute atomic E-state index is 0.546. The highest BCUT2D eigenvalue weighted by atomic mass is 15.3. The van der Waals surface area contributed by atoms with Crippen molar-refractivity contribution in [1.29, 1.82) is 0 Å². The van der Waals surface area contributed by atoms with Gasteiger partial charge in [0.25, 0.3) is 0 Å². The first-order chi connectivity index (χ1) is 4.30. The highest BCUT2D eigenvalue weighted by molar-refractivity contribution is 4.98. The van der Waals surface area contributed by atoms with Crippen LogP contribution in [-0.4, -0.2) is 15.4 Å². The highest BCUT2D eigenvalue weighted by Crippen LogP contribution is 1.93. The molecule has 0 radical (unpaired) electrons. The molecule has 0 aromatic carbocycles. The number of nitrogens with zero attached hydrogens (tertiary/aromatic N) is 3. The zero-order chi connectivity index (χ0) is 6.69. The zero-order valence-electron chi connectivity index (χ0n) is 4.73. The van der Waals surface area contributed by atoms with Crippen molar-refractivity contribution < 1.29 is 0 Å². The number of nitrogens with two attached hydrogens (primary N) is 2. The van der Waals surface area contributed by atoms with Gasteiger partial charge in [-0.3, -0.25) is 0 Å². The molecule has 5 nitrogen and oxygen atoms in total. The Morgan fingerprint density at radius 3 is 2.56 bits per heavy atom. The van der Waals surface area contributed by atoms with Crippen LogP contribution in [-0.2, 0) is 0 Å². The molecule has 0 aliphatic rings. The van der Waals surface area contributed by atoms with Gasteiger partial charge < -0.3 is 11.5 Å². The van der Waals surface area contributed by atoms with E-state index in [1.165, 1.54) is 6.20 Å². The Balaban J connectivity index is 2.85. The van der Waals surface area contributed by atoms with Crippen LogP contribution in [0.5, 0.6) is 0 Å². The maximum absolute atomic E-state index is 5.26. The van der Waals surface area contributed by atoms with Crippen LogP contribution in [0, 0.1) is 0 Å². The lowest BCUT2D eigenvalue weighted by atomic mass is 10.4. The van der Waals surface area contributed by atoms with Crippen LogP contribution in [0.15, 0.2) is 12.3 Å². The van der Waals surface area contributed by atoms with Gasteiger partial charge in [0.2, 0.25) is 0 Å². The van der Waals surface area contributed by atoms with Crippen molar-refractivity contribution in [2.75, 3.05) is 0 Å². The Labute approximate surface area is 52.1 Å². The van der Waals surface area contributed by atoms with Crippen molar-refractivity contribution in [2.45, 2.75) is 6.17 Å². The normalized spacial score (nSPS) is 10.1. The molecular weight excluding hydrogens is 118 g/mol. The molecule has 0 unspecified atom stereocenters. The molecule has 5 heteroatoms. The maximum atomic E-state index is 5.26. The van der Waals surface area contributed by atoms with Crippen molar-refractivity contribution in [3.8, 4) is 0 Å². The van der Waals surface area contributed by atoms with E-state index in [4.69, 9.17) is 11.5 Å². The highest BCUT2D eigenvalue weighted by Gasteiger charge is 1.97. The Bertz CT molecular complexity index is 172. The lowest BCUT2D eigenvalue weighted by Crippen LogP contribution is -2.21. The van der Waals surface area contributed by atoms with Crippen molar-refractivity contribution in [2.24, 2.45) is 11.5 Å². The molecule has 0 bridgehead atoms. The first-order valence-corrected chi connectivity index (χ1v) is 2.46. The summed E-state index contributed by atoms with van der Waals surface area (Å²) in [6.07, 6.45) is 0.940. The smallest absolute Gasteiger partial charge is 0.0980 e. The van der Waals surface area contributed by atoms with E-state index in [9.17, 15) is 0 Å². The van der Waals surface area contributed by atoms with Gasteiger partial charge in [0.05, 0.1) is 18.1 Å². The molecule has 0 saturated carbocycles. The molecule has 0 spiro atoms. The van der Waals surface area contributed by atoms with Crippen LogP contribution >= 0.6 is 0 Å². The number of rotatable bonds is 1. The summed E-state index contributed by atoms with van der Waals surface area (Å²) in [5, 5.41) is 10.4. The Hall–Kier alpha value is -1.07. The van der Waals surface area contributed by atoms with Gasteiger partial charge in [0, 0.05) is 0 Å². The van der Waals surface area contributed by atoms with Gasteiger partial charge in [0.15, 0.2) is 0 Å². The molecule has 48 valence electrons. The number of aromatic nitrogens is 3. The van der Waals surface area contributed by atoms with Crippen molar-refractivity contribution in [1.82, 2.24) is 15.4 Å². The molecule has 0 aliphatic heterocycles. The third-order valence-corrected chi connectivity index (χ3v) is 0.865. The molecule has 0 fully saturated rings. The summed E-state index contributed by atoms with van der Waals surface area (Å²) in [5.74, 6) is 0. The van der Waals surface area contributed by atoms with Gasteiger partial charge in [0.1, 0.15) is 0 Å². The van der Waals surface area contributed by atoms with Crippen LogP contribution in [0.2, 0.25) is 0 Å². The predicted octanol–water partition coefficient (Wildman–Crippen LogP) is -1.21. The first-order valence-electron chi connectivity index (χ1n) is 2.46. The van der Waals surface area contributed by atoms with Crippen LogP contribution in [0.4, 0.5) is 0 Å². The molecule has 1 aromatic heterocycles. The number of hydrogen-bond donors (Lipinski definition) is 2. The van der Waals surface area contributed by atoms with E-state index in [0.717, 1.165) is 0 Å². The van der Waals surface area contributed by atoms with Crippen molar-refractivity contribution in [3.05, 3.63) is 18.0 Å². The monoisotopic (exact) mass is 125 g/mol. The maximum Gasteiger partial charge on any atom is 0.0980 e. The first kappa shape index (κ1) is 6.06. The fraction of sp³-hybridized carbons (Fsp3) is 0.250. The zero-order valence-corrected chi connectivity index (χ0v) is 4.73. The molecule has 1 aromatic rings. The quantitative estimate of drug-likeness (QED) is 0.459. The lowest BCUT2D eigenvalue weighted by molar-refractivity contribution is 0.693. The summed E-state index contributed by atoms with van der Waals surface area (Å²) in [7, 11) is 0. The van der Waals surface area contributed by atoms with E-state index in [2.05, 4.69) is 15.4 Å². The Morgan fingerprint density at radius 1 is 1.44 bits per heavy atom. The molecular formula is C4H7N5. The fourth-order valence-electron chi connectivity index (χ4n) is 0.428. The largest absolute Gasteiger partial charge is 0.311 e. The summed E-state index contributed by atoms with van der Waals surface area (Å²) in [6, 6.07) is 1.62. The van der Waals surface area contributed by atoms with Gasteiger partial charge in [-0.05, 0) is 11.3 Å². The second-order valence-electron chi connectivity index (χ2n) is 1.57. The summed E-state index contributed by atoms with van der Waals surface area (Å²) < 4.78 is 0. The summed E-state index contributed by atoms with van der Waals surface area (Å²) in [5.41, 5.74) is 11.1. The van der Waals surface area contributed by atoms with E-state index in [-0.39, 0.29) is 0 Å². The molecule has 1 heterocycles. The van der Waals surface area contributed by atoms with Crippen molar-refractivity contribution >= 4 is 0 Å². The van der Waals surface area contributed by atoms with Gasteiger partial charge in [-0.15, -0.1) is 10.2 Å². The fourth-order valence-corrected chi connectivity index (χ4v) is 0.428. The summed E-state index contributed by atoms with van der Waals surface area (Å²) >= 11 is 0. The third-order valence-electron chi connectivity index (χ3n) is 0.865. The second-order valence-corrected chi connectivity index (χ2v) is 1.57. The predicted molar refractivity (Wildman–Crippen MR) is 30.9 cm³/mol. The summed E-state index contributed by atoms with van der Waals surface area (Å²) in [4.78, 5) is 0. The average molecular weight is 125 g/mol. The molecule has 0 aliphatic carbocycles. The van der Waals surface area contributed by atoms with Gasteiger partial charge >= 0.3 is 0 Å². The Morgan fingerprint density at radius 2 is 2.22 bits per heavy atom. The van der Waals surface area contributed by atoms with Crippen LogP contribution in [0.3, 0.4) is 0 Å². The van der Waals surface area contributed by atoms with Gasteiger partial charge in [-0.25, -0.2) is 0 Å². The van der Waals surface area contributed by atoms with E-state index in [1.54, 1.807) is 6.07 Å².